The number of benzene rings is 2. The molecule has 0 aromatic heterocycles. The number of rotatable bonds is 13. The zero-order chi connectivity index (χ0) is 24.6. The van der Waals surface area contributed by atoms with E-state index >= 15 is 0 Å². The Balaban J connectivity index is 0.000000713. The molecule has 0 saturated heterocycles. The van der Waals surface area contributed by atoms with Crippen LogP contribution in [-0.2, 0) is 0 Å². The van der Waals surface area contributed by atoms with E-state index in [9.17, 15) is 9.90 Å². The fourth-order valence-corrected chi connectivity index (χ4v) is 3.15. The van der Waals surface area contributed by atoms with Crippen LogP contribution in [0, 0.1) is 11.8 Å². The number of carbonyl (C=O) groups is 1. The van der Waals surface area contributed by atoms with Gasteiger partial charge in [-0.05, 0) is 41.7 Å². The van der Waals surface area contributed by atoms with Gasteiger partial charge in [0.15, 0.2) is 0 Å². The molecule has 0 aliphatic rings. The number of hydrogen-bond acceptors (Lipinski definition) is 5. The van der Waals surface area contributed by atoms with Crippen molar-refractivity contribution in [3.05, 3.63) is 85.0 Å². The van der Waals surface area contributed by atoms with E-state index in [1.165, 1.54) is 5.56 Å². The van der Waals surface area contributed by atoms with Gasteiger partial charge in [0.05, 0.1) is 6.61 Å². The fraction of sp³-hybridized carbons (Fsp3) is 0.414. The van der Waals surface area contributed by atoms with Gasteiger partial charge in [0.25, 0.3) is 0 Å². The minimum Gasteiger partial charge on any atom is -0.490 e. The largest absolute Gasteiger partial charge is 0.490 e. The number of hydrogen-bond donors (Lipinski definition) is 2. The monoisotopic (exact) mass is 469 g/mol. The third kappa shape index (κ3) is 11.3. The third-order valence-corrected chi connectivity index (χ3v) is 5.01. The summed E-state index contributed by atoms with van der Waals surface area (Å²) in [5, 5.41) is 13.1. The van der Waals surface area contributed by atoms with Crippen LogP contribution in [-0.4, -0.2) is 37.3 Å². The minimum absolute atomic E-state index is 0. The smallest absolute Gasteiger partial charge is 0.150 e. The molecule has 5 heteroatoms. The van der Waals surface area contributed by atoms with Crippen LogP contribution in [0.15, 0.2) is 73.8 Å². The highest BCUT2D eigenvalue weighted by molar-refractivity contribution is 5.75. The molecule has 0 bridgehead atoms. The molecule has 0 aliphatic heterocycles. The molecule has 0 amide bonds. The van der Waals surface area contributed by atoms with E-state index in [1.807, 2.05) is 12.1 Å². The van der Waals surface area contributed by atoms with E-state index in [-0.39, 0.29) is 26.1 Å². The first-order chi connectivity index (χ1) is 15.9. The molecule has 0 aliphatic carbocycles. The number of aliphatic hydroxyl groups excluding tert-OH is 1. The SMILES string of the molecule is C.C=CCOc1cccc(C=O)c1.C=CCOc1cccc([C@H](N[C@@H](CO)C(C)C)C(C)C)c1. The van der Waals surface area contributed by atoms with Crippen LogP contribution in [0.1, 0.15) is 57.1 Å². The highest BCUT2D eigenvalue weighted by atomic mass is 16.5. The predicted octanol–water partition coefficient (Wildman–Crippen LogP) is 6.26. The van der Waals surface area contributed by atoms with E-state index < -0.39 is 0 Å². The van der Waals surface area contributed by atoms with Crippen LogP contribution in [0.5, 0.6) is 11.5 Å². The Morgan fingerprint density at radius 1 is 0.912 bits per heavy atom. The lowest BCUT2D eigenvalue weighted by molar-refractivity contribution is 0.112. The van der Waals surface area contributed by atoms with Crippen molar-refractivity contribution in [2.75, 3.05) is 19.8 Å². The number of ether oxygens (including phenoxy) is 2. The summed E-state index contributed by atoms with van der Waals surface area (Å²) in [6, 6.07) is 15.4. The fourth-order valence-electron chi connectivity index (χ4n) is 3.15. The highest BCUT2D eigenvalue weighted by Gasteiger charge is 2.22. The zero-order valence-corrected chi connectivity index (χ0v) is 20.4. The zero-order valence-electron chi connectivity index (χ0n) is 20.4. The summed E-state index contributed by atoms with van der Waals surface area (Å²) in [6.45, 7) is 16.9. The second kappa shape index (κ2) is 17.6. The molecule has 0 radical (unpaired) electrons. The van der Waals surface area contributed by atoms with E-state index in [4.69, 9.17) is 9.47 Å². The summed E-state index contributed by atoms with van der Waals surface area (Å²) in [7, 11) is 0. The van der Waals surface area contributed by atoms with Gasteiger partial charge in [-0.15, -0.1) is 0 Å². The summed E-state index contributed by atoms with van der Waals surface area (Å²) >= 11 is 0. The van der Waals surface area contributed by atoms with Crippen molar-refractivity contribution in [3.63, 3.8) is 0 Å². The lowest BCUT2D eigenvalue weighted by atomic mass is 9.93. The molecule has 0 heterocycles. The Hall–Kier alpha value is -2.89. The lowest BCUT2D eigenvalue weighted by Crippen LogP contribution is -2.41. The quantitative estimate of drug-likeness (QED) is 0.268. The minimum atomic E-state index is 0. The van der Waals surface area contributed by atoms with Crippen molar-refractivity contribution in [2.24, 2.45) is 11.8 Å². The first-order valence-electron chi connectivity index (χ1n) is 11.4. The Kier molecular flexibility index (Phi) is 16.1. The van der Waals surface area contributed by atoms with Gasteiger partial charge in [-0.1, -0.05) is 84.7 Å². The topological polar surface area (TPSA) is 67.8 Å². The number of carbonyl (C=O) groups excluding carboxylic acids is 1. The van der Waals surface area contributed by atoms with Crippen molar-refractivity contribution < 1.29 is 19.4 Å². The average molecular weight is 470 g/mol. The van der Waals surface area contributed by atoms with Crippen molar-refractivity contribution >= 4 is 6.29 Å². The summed E-state index contributed by atoms with van der Waals surface area (Å²) in [6.07, 6.45) is 4.19. The number of aldehydes is 1. The van der Waals surface area contributed by atoms with Gasteiger partial charge in [0.2, 0.25) is 0 Å². The van der Waals surface area contributed by atoms with Gasteiger partial charge in [-0.3, -0.25) is 4.79 Å². The summed E-state index contributed by atoms with van der Waals surface area (Å²) in [5.74, 6) is 2.35. The maximum absolute atomic E-state index is 10.4. The normalized spacial score (nSPS) is 12.0. The van der Waals surface area contributed by atoms with Gasteiger partial charge >= 0.3 is 0 Å². The molecule has 2 aromatic carbocycles. The number of aliphatic hydroxyl groups is 1. The maximum Gasteiger partial charge on any atom is 0.150 e. The molecule has 5 nitrogen and oxygen atoms in total. The molecule has 2 rings (SSSR count). The summed E-state index contributed by atoms with van der Waals surface area (Å²) in [4.78, 5) is 10.4. The Morgan fingerprint density at radius 2 is 1.47 bits per heavy atom. The first kappa shape index (κ1) is 31.1. The van der Waals surface area contributed by atoms with Crippen molar-refractivity contribution in [1.29, 1.82) is 0 Å². The van der Waals surface area contributed by atoms with Crippen molar-refractivity contribution in [1.82, 2.24) is 5.32 Å². The molecule has 2 N–H and O–H groups in total. The third-order valence-electron chi connectivity index (χ3n) is 5.01. The van der Waals surface area contributed by atoms with Crippen LogP contribution >= 0.6 is 0 Å². The van der Waals surface area contributed by atoms with Crippen LogP contribution in [0.4, 0.5) is 0 Å². The molecule has 0 unspecified atom stereocenters. The summed E-state index contributed by atoms with van der Waals surface area (Å²) in [5.41, 5.74) is 1.81. The molecule has 0 fully saturated rings. The Morgan fingerprint density at radius 3 is 1.94 bits per heavy atom. The van der Waals surface area contributed by atoms with Crippen LogP contribution in [0.25, 0.3) is 0 Å². The van der Waals surface area contributed by atoms with E-state index in [1.54, 1.807) is 36.4 Å². The van der Waals surface area contributed by atoms with Gasteiger partial charge in [-0.2, -0.15) is 0 Å². The standard InChI is InChI=1S/C18H29NO2.C10H10O2.CH4/c1-6-10-21-16-9-7-8-15(11-16)18(14(4)5)19-17(12-20)13(2)3;1-2-6-12-10-5-3-4-9(7-10)8-11;/h6-9,11,13-14,17-20H,1,10,12H2,2-5H3;2-5,7-8H,1,6H2;1H4/t17-,18+;;/m0../s1. The van der Waals surface area contributed by atoms with Gasteiger partial charge in [-0.25, -0.2) is 0 Å². The molecule has 0 spiro atoms. The van der Waals surface area contributed by atoms with E-state index in [2.05, 4.69) is 58.3 Å². The van der Waals surface area contributed by atoms with Gasteiger partial charge in [0, 0.05) is 17.6 Å². The molecular formula is C29H43NO4. The second-order valence-electron chi connectivity index (χ2n) is 8.38. The molecule has 0 saturated carbocycles. The van der Waals surface area contributed by atoms with Gasteiger partial charge < -0.3 is 19.9 Å². The van der Waals surface area contributed by atoms with Crippen molar-refractivity contribution in [2.45, 2.75) is 47.2 Å². The van der Waals surface area contributed by atoms with Crippen LogP contribution in [0.2, 0.25) is 0 Å². The lowest BCUT2D eigenvalue weighted by Gasteiger charge is -2.30. The Bertz CT molecular complexity index is 848. The molecule has 34 heavy (non-hydrogen) atoms. The van der Waals surface area contributed by atoms with E-state index in [0.717, 1.165) is 12.0 Å². The van der Waals surface area contributed by atoms with E-state index in [0.29, 0.717) is 36.4 Å². The molecule has 188 valence electrons. The second-order valence-corrected chi connectivity index (χ2v) is 8.38. The number of nitrogens with one attached hydrogen (secondary N) is 1. The van der Waals surface area contributed by atoms with Crippen LogP contribution < -0.4 is 14.8 Å². The Labute approximate surface area is 206 Å². The molecular weight excluding hydrogens is 426 g/mol. The average Bonchev–Trinajstić information content (AvgIpc) is 2.82. The van der Waals surface area contributed by atoms with Gasteiger partial charge in [0.1, 0.15) is 31.0 Å². The maximum atomic E-state index is 10.4. The molecule has 2 aromatic rings. The first-order valence-corrected chi connectivity index (χ1v) is 11.4. The van der Waals surface area contributed by atoms with Crippen molar-refractivity contribution in [3.8, 4) is 11.5 Å². The predicted molar refractivity (Wildman–Crippen MR) is 143 cm³/mol. The summed E-state index contributed by atoms with van der Waals surface area (Å²) < 4.78 is 10.8. The van der Waals surface area contributed by atoms with Crippen LogP contribution in [0.3, 0.4) is 0 Å². The highest BCUT2D eigenvalue weighted by Crippen LogP contribution is 2.26. The molecule has 2 atom stereocenters.